The first-order chi connectivity index (χ1) is 8.77. The van der Waals surface area contributed by atoms with Gasteiger partial charge in [-0.25, -0.2) is 10.1 Å². The minimum atomic E-state index is -0.201. The van der Waals surface area contributed by atoms with Gasteiger partial charge in [-0.2, -0.15) is 0 Å². The molecule has 0 amide bonds. The van der Waals surface area contributed by atoms with E-state index < -0.39 is 0 Å². The zero-order valence-corrected chi connectivity index (χ0v) is 10.4. The quantitative estimate of drug-likeness (QED) is 0.412. The molecule has 0 aliphatic carbocycles. The normalized spacial score (nSPS) is 12.6. The van der Waals surface area contributed by atoms with E-state index in [1.807, 2.05) is 28.9 Å². The van der Waals surface area contributed by atoms with Crippen LogP contribution in [0.15, 0.2) is 30.5 Å². The molecule has 2 aromatic rings. The molecule has 5 N–H and O–H groups in total. The molecule has 6 heteroatoms. The highest BCUT2D eigenvalue weighted by atomic mass is 15.4. The van der Waals surface area contributed by atoms with Crippen molar-refractivity contribution < 1.29 is 0 Å². The molecule has 0 aliphatic heterocycles. The van der Waals surface area contributed by atoms with Crippen LogP contribution in [0.1, 0.15) is 30.6 Å². The summed E-state index contributed by atoms with van der Waals surface area (Å²) < 4.78 is 1.84. The van der Waals surface area contributed by atoms with Gasteiger partial charge < -0.3 is 5.73 Å². The Bertz CT molecular complexity index is 507. The Morgan fingerprint density at radius 2 is 2.17 bits per heavy atom. The maximum atomic E-state index is 5.98. The molecule has 1 atom stereocenters. The molecule has 2 rings (SSSR count). The highest BCUT2D eigenvalue weighted by molar-refractivity contribution is 5.50. The summed E-state index contributed by atoms with van der Waals surface area (Å²) in [4.78, 5) is 0. The average molecular weight is 246 g/mol. The van der Waals surface area contributed by atoms with Crippen LogP contribution in [0.25, 0.3) is 0 Å². The molecule has 96 valence electrons. The van der Waals surface area contributed by atoms with E-state index >= 15 is 0 Å². The SMILES string of the molecule is CCCn1nncc1C(NN)c1ccccc1N. The largest absolute Gasteiger partial charge is 0.398 e. The lowest BCUT2D eigenvalue weighted by Crippen LogP contribution is -2.31. The van der Waals surface area contributed by atoms with Crippen LogP contribution < -0.4 is 17.0 Å². The van der Waals surface area contributed by atoms with Gasteiger partial charge in [0.15, 0.2) is 0 Å². The van der Waals surface area contributed by atoms with Gasteiger partial charge in [-0.1, -0.05) is 30.3 Å². The Labute approximate surface area is 106 Å². The molecule has 1 aromatic carbocycles. The van der Waals surface area contributed by atoms with Gasteiger partial charge in [-0.05, 0) is 18.1 Å². The number of benzene rings is 1. The van der Waals surface area contributed by atoms with Gasteiger partial charge in [0.2, 0.25) is 0 Å². The van der Waals surface area contributed by atoms with Crippen molar-refractivity contribution in [3.63, 3.8) is 0 Å². The van der Waals surface area contributed by atoms with E-state index in [0.717, 1.165) is 24.2 Å². The molecule has 1 heterocycles. The highest BCUT2D eigenvalue weighted by Crippen LogP contribution is 2.25. The molecule has 0 saturated carbocycles. The van der Waals surface area contributed by atoms with E-state index in [9.17, 15) is 0 Å². The number of nitrogens with zero attached hydrogens (tertiary/aromatic N) is 3. The molecular formula is C12H18N6. The minimum Gasteiger partial charge on any atom is -0.398 e. The molecular weight excluding hydrogens is 228 g/mol. The van der Waals surface area contributed by atoms with E-state index in [-0.39, 0.29) is 6.04 Å². The number of rotatable bonds is 5. The van der Waals surface area contributed by atoms with Crippen LogP contribution in [-0.2, 0) is 6.54 Å². The Hall–Kier alpha value is -1.92. The lowest BCUT2D eigenvalue weighted by Gasteiger charge is -2.18. The van der Waals surface area contributed by atoms with Gasteiger partial charge >= 0.3 is 0 Å². The number of aryl methyl sites for hydroxylation is 1. The van der Waals surface area contributed by atoms with Gasteiger partial charge in [-0.3, -0.25) is 5.84 Å². The van der Waals surface area contributed by atoms with Gasteiger partial charge in [0.25, 0.3) is 0 Å². The monoisotopic (exact) mass is 246 g/mol. The van der Waals surface area contributed by atoms with Crippen LogP contribution in [0.3, 0.4) is 0 Å². The van der Waals surface area contributed by atoms with Crippen molar-refractivity contribution in [2.45, 2.75) is 25.9 Å². The fraction of sp³-hybridized carbons (Fsp3) is 0.333. The second-order valence-corrected chi connectivity index (χ2v) is 4.11. The Morgan fingerprint density at radius 1 is 1.39 bits per heavy atom. The number of anilines is 1. The van der Waals surface area contributed by atoms with E-state index in [0.29, 0.717) is 5.69 Å². The maximum Gasteiger partial charge on any atom is 0.0914 e. The van der Waals surface area contributed by atoms with E-state index in [4.69, 9.17) is 11.6 Å². The first-order valence-corrected chi connectivity index (χ1v) is 5.96. The minimum absolute atomic E-state index is 0.201. The van der Waals surface area contributed by atoms with Crippen molar-refractivity contribution in [2.75, 3.05) is 5.73 Å². The van der Waals surface area contributed by atoms with Crippen LogP contribution in [0, 0.1) is 0 Å². The van der Waals surface area contributed by atoms with Crippen LogP contribution in [-0.4, -0.2) is 15.0 Å². The van der Waals surface area contributed by atoms with Crippen LogP contribution in [0.4, 0.5) is 5.69 Å². The molecule has 0 saturated heterocycles. The third-order valence-corrected chi connectivity index (χ3v) is 2.85. The highest BCUT2D eigenvalue weighted by Gasteiger charge is 2.19. The topological polar surface area (TPSA) is 94.8 Å². The zero-order chi connectivity index (χ0) is 13.0. The Morgan fingerprint density at radius 3 is 2.83 bits per heavy atom. The average Bonchev–Trinajstić information content (AvgIpc) is 2.82. The number of nitrogens with two attached hydrogens (primary N) is 2. The van der Waals surface area contributed by atoms with Gasteiger partial charge in [0.1, 0.15) is 0 Å². The molecule has 18 heavy (non-hydrogen) atoms. The Balaban J connectivity index is 2.39. The summed E-state index contributed by atoms with van der Waals surface area (Å²) in [5.41, 5.74) is 11.3. The summed E-state index contributed by atoms with van der Waals surface area (Å²) in [7, 11) is 0. The molecule has 0 spiro atoms. The lowest BCUT2D eigenvalue weighted by molar-refractivity contribution is 0.512. The summed E-state index contributed by atoms with van der Waals surface area (Å²) in [6.07, 6.45) is 2.70. The molecule has 0 fully saturated rings. The standard InChI is InChI=1S/C12H18N6/c1-2-7-18-11(8-15-17-18)12(16-14)9-5-3-4-6-10(9)13/h3-6,8,12,16H,2,7,13-14H2,1H3. The van der Waals surface area contributed by atoms with Gasteiger partial charge in [0, 0.05) is 12.2 Å². The van der Waals surface area contributed by atoms with Crippen molar-refractivity contribution >= 4 is 5.69 Å². The van der Waals surface area contributed by atoms with E-state index in [2.05, 4.69) is 22.7 Å². The first kappa shape index (κ1) is 12.5. The second kappa shape index (κ2) is 5.61. The number of para-hydroxylation sites is 1. The van der Waals surface area contributed by atoms with Crippen molar-refractivity contribution in [2.24, 2.45) is 5.84 Å². The third kappa shape index (κ3) is 2.34. The zero-order valence-electron chi connectivity index (χ0n) is 10.4. The number of hydrogen-bond acceptors (Lipinski definition) is 5. The second-order valence-electron chi connectivity index (χ2n) is 4.11. The van der Waals surface area contributed by atoms with Crippen LogP contribution in [0.2, 0.25) is 0 Å². The van der Waals surface area contributed by atoms with E-state index in [1.54, 1.807) is 6.20 Å². The maximum absolute atomic E-state index is 5.98. The van der Waals surface area contributed by atoms with Crippen molar-refractivity contribution in [1.82, 2.24) is 20.4 Å². The van der Waals surface area contributed by atoms with Crippen LogP contribution in [0.5, 0.6) is 0 Å². The number of nitrogens with one attached hydrogen (secondary N) is 1. The predicted octanol–water partition coefficient (Wildman–Crippen LogP) is 0.823. The number of nitrogen functional groups attached to an aromatic ring is 1. The molecule has 1 unspecified atom stereocenters. The molecule has 0 bridgehead atoms. The summed E-state index contributed by atoms with van der Waals surface area (Å²) >= 11 is 0. The van der Waals surface area contributed by atoms with Gasteiger partial charge in [0.05, 0.1) is 17.9 Å². The Kier molecular flexibility index (Phi) is 3.91. The van der Waals surface area contributed by atoms with Crippen molar-refractivity contribution in [3.8, 4) is 0 Å². The summed E-state index contributed by atoms with van der Waals surface area (Å²) in [5.74, 6) is 5.66. The fourth-order valence-electron chi connectivity index (χ4n) is 1.98. The molecule has 0 radical (unpaired) electrons. The number of hydrogen-bond donors (Lipinski definition) is 3. The first-order valence-electron chi connectivity index (χ1n) is 5.96. The van der Waals surface area contributed by atoms with E-state index in [1.165, 1.54) is 0 Å². The predicted molar refractivity (Wildman–Crippen MR) is 70.3 cm³/mol. The smallest absolute Gasteiger partial charge is 0.0914 e. The molecule has 0 aliphatic rings. The third-order valence-electron chi connectivity index (χ3n) is 2.85. The molecule has 6 nitrogen and oxygen atoms in total. The van der Waals surface area contributed by atoms with Crippen LogP contribution >= 0.6 is 0 Å². The van der Waals surface area contributed by atoms with Crippen molar-refractivity contribution in [3.05, 3.63) is 41.7 Å². The molecule has 1 aromatic heterocycles. The summed E-state index contributed by atoms with van der Waals surface area (Å²) in [5, 5.41) is 8.00. The van der Waals surface area contributed by atoms with Crippen molar-refractivity contribution in [1.29, 1.82) is 0 Å². The summed E-state index contributed by atoms with van der Waals surface area (Å²) in [6.45, 7) is 2.90. The van der Waals surface area contributed by atoms with Gasteiger partial charge in [-0.15, -0.1) is 5.10 Å². The number of aromatic nitrogens is 3. The fourth-order valence-corrected chi connectivity index (χ4v) is 1.98. The lowest BCUT2D eigenvalue weighted by atomic mass is 10.0. The number of hydrazine groups is 1. The summed E-state index contributed by atoms with van der Waals surface area (Å²) in [6, 6.07) is 7.43.